The van der Waals surface area contributed by atoms with Gasteiger partial charge in [0.25, 0.3) is 0 Å². The minimum atomic E-state index is -0.00132. The van der Waals surface area contributed by atoms with Gasteiger partial charge < -0.3 is 20.7 Å². The number of guanidine groups is 1. The fourth-order valence-electron chi connectivity index (χ4n) is 2.79. The highest BCUT2D eigenvalue weighted by atomic mass is 127. The summed E-state index contributed by atoms with van der Waals surface area (Å²) in [6, 6.07) is 14.0. The van der Waals surface area contributed by atoms with Crippen LogP contribution in [0, 0.1) is 12.8 Å². The van der Waals surface area contributed by atoms with E-state index >= 15 is 0 Å². The first-order chi connectivity index (χ1) is 14.0. The number of hydrogen-bond donors (Lipinski definition) is 3. The first kappa shape index (κ1) is 25.7. The summed E-state index contributed by atoms with van der Waals surface area (Å²) < 4.78 is 5.46. The van der Waals surface area contributed by atoms with Gasteiger partial charge in [0.15, 0.2) is 5.96 Å². The molecule has 1 unspecified atom stereocenters. The van der Waals surface area contributed by atoms with Crippen LogP contribution in [0.2, 0.25) is 0 Å². The summed E-state index contributed by atoms with van der Waals surface area (Å²) in [6.07, 6.45) is 0.820. The number of carbonyl (C=O) groups excluding carboxylic acids is 1. The summed E-state index contributed by atoms with van der Waals surface area (Å²) in [4.78, 5) is 16.4. The average Bonchev–Trinajstić information content (AvgIpc) is 2.74. The van der Waals surface area contributed by atoms with Crippen LogP contribution in [0.4, 0.5) is 5.69 Å². The number of nitrogens with one attached hydrogen (secondary N) is 3. The van der Waals surface area contributed by atoms with Gasteiger partial charge in [0.05, 0.1) is 7.11 Å². The summed E-state index contributed by atoms with van der Waals surface area (Å²) in [7, 11) is 3.42. The van der Waals surface area contributed by atoms with E-state index in [1.807, 2.05) is 51.1 Å². The normalized spacial score (nSPS) is 11.8. The van der Waals surface area contributed by atoms with E-state index in [0.717, 1.165) is 34.5 Å². The average molecular weight is 524 g/mol. The molecular weight excluding hydrogens is 491 g/mol. The van der Waals surface area contributed by atoms with Crippen molar-refractivity contribution in [3.8, 4) is 5.75 Å². The van der Waals surface area contributed by atoms with E-state index < -0.39 is 0 Å². The van der Waals surface area contributed by atoms with Gasteiger partial charge in [-0.25, -0.2) is 0 Å². The maximum Gasteiger partial charge on any atom is 0.227 e. The maximum absolute atomic E-state index is 12.1. The topological polar surface area (TPSA) is 74.8 Å². The Kier molecular flexibility index (Phi) is 11.2. The number of hydrogen-bond acceptors (Lipinski definition) is 3. The molecule has 1 amide bonds. The molecule has 0 saturated carbocycles. The Balaban J connectivity index is 0.00000450. The standard InChI is InChI=1S/C23H32N4O2.HI/c1-6-17(3)22(28)27-20-9-7-8-18(13-20)14-25-23(24-4)26-15-19-11-10-16(2)12-21(19)29-5;/h7-13,17H,6,14-15H2,1-5H3,(H,27,28)(H2,24,25,26);1H. The first-order valence-electron chi connectivity index (χ1n) is 9.94. The van der Waals surface area contributed by atoms with Gasteiger partial charge in [0.1, 0.15) is 5.75 Å². The van der Waals surface area contributed by atoms with Crippen molar-refractivity contribution in [1.29, 1.82) is 0 Å². The third-order valence-corrected chi connectivity index (χ3v) is 4.83. The van der Waals surface area contributed by atoms with Crippen LogP contribution in [-0.4, -0.2) is 26.0 Å². The number of anilines is 1. The summed E-state index contributed by atoms with van der Waals surface area (Å²) >= 11 is 0. The van der Waals surface area contributed by atoms with E-state index in [1.165, 1.54) is 0 Å². The first-order valence-corrected chi connectivity index (χ1v) is 9.94. The Morgan fingerprint density at radius 3 is 2.53 bits per heavy atom. The summed E-state index contributed by atoms with van der Waals surface area (Å²) in [5, 5.41) is 9.59. The van der Waals surface area contributed by atoms with Crippen LogP contribution >= 0.6 is 24.0 Å². The molecule has 7 heteroatoms. The predicted molar refractivity (Wildman–Crippen MR) is 135 cm³/mol. The summed E-state index contributed by atoms with van der Waals surface area (Å²) in [5.41, 5.74) is 4.09. The number of nitrogens with zero attached hydrogens (tertiary/aromatic N) is 1. The van der Waals surface area contributed by atoms with Gasteiger partial charge in [-0.15, -0.1) is 24.0 Å². The molecule has 6 nitrogen and oxygen atoms in total. The zero-order chi connectivity index (χ0) is 21.2. The van der Waals surface area contributed by atoms with Crippen molar-refractivity contribution in [2.75, 3.05) is 19.5 Å². The second-order valence-corrected chi connectivity index (χ2v) is 7.09. The number of ether oxygens (including phenoxy) is 1. The van der Waals surface area contributed by atoms with Crippen LogP contribution in [0.15, 0.2) is 47.5 Å². The molecule has 0 aromatic heterocycles. The zero-order valence-electron chi connectivity index (χ0n) is 18.4. The Morgan fingerprint density at radius 2 is 1.87 bits per heavy atom. The van der Waals surface area contributed by atoms with Gasteiger partial charge in [-0.3, -0.25) is 9.79 Å². The smallest absolute Gasteiger partial charge is 0.227 e. The molecule has 0 aliphatic rings. The Morgan fingerprint density at radius 1 is 1.13 bits per heavy atom. The molecule has 1 atom stereocenters. The predicted octanol–water partition coefficient (Wildman–Crippen LogP) is 4.47. The summed E-state index contributed by atoms with van der Waals surface area (Å²) in [6.45, 7) is 7.18. The van der Waals surface area contributed by atoms with Gasteiger partial charge in [-0.05, 0) is 42.7 Å². The van der Waals surface area contributed by atoms with Crippen molar-refractivity contribution in [2.45, 2.75) is 40.3 Å². The highest BCUT2D eigenvalue weighted by Gasteiger charge is 2.10. The van der Waals surface area contributed by atoms with E-state index in [4.69, 9.17) is 4.74 Å². The van der Waals surface area contributed by atoms with E-state index in [-0.39, 0.29) is 35.8 Å². The number of rotatable bonds is 8. The molecule has 0 aliphatic carbocycles. The molecule has 164 valence electrons. The van der Waals surface area contributed by atoms with Crippen LogP contribution in [0.25, 0.3) is 0 Å². The number of aliphatic imine (C=N–C) groups is 1. The molecule has 0 radical (unpaired) electrons. The van der Waals surface area contributed by atoms with Gasteiger partial charge >= 0.3 is 0 Å². The molecule has 0 heterocycles. The number of benzene rings is 2. The van der Waals surface area contributed by atoms with Crippen molar-refractivity contribution in [3.63, 3.8) is 0 Å². The van der Waals surface area contributed by atoms with Crippen LogP contribution in [-0.2, 0) is 17.9 Å². The van der Waals surface area contributed by atoms with Gasteiger partial charge in [-0.1, -0.05) is 38.1 Å². The Labute approximate surface area is 196 Å². The maximum atomic E-state index is 12.1. The minimum Gasteiger partial charge on any atom is -0.496 e. The Bertz CT molecular complexity index is 855. The number of amides is 1. The molecule has 0 fully saturated rings. The quantitative estimate of drug-likeness (QED) is 0.271. The van der Waals surface area contributed by atoms with Crippen LogP contribution in [0.5, 0.6) is 5.75 Å². The van der Waals surface area contributed by atoms with Gasteiger partial charge in [0, 0.05) is 37.3 Å². The minimum absolute atomic E-state index is 0. The van der Waals surface area contributed by atoms with E-state index in [9.17, 15) is 4.79 Å². The van der Waals surface area contributed by atoms with E-state index in [2.05, 4.69) is 33.1 Å². The van der Waals surface area contributed by atoms with E-state index in [0.29, 0.717) is 19.0 Å². The molecule has 0 bridgehead atoms. The fraction of sp³-hybridized carbons (Fsp3) is 0.391. The fourth-order valence-corrected chi connectivity index (χ4v) is 2.79. The van der Waals surface area contributed by atoms with Crippen molar-refractivity contribution >= 4 is 41.5 Å². The number of carbonyl (C=O) groups is 1. The lowest BCUT2D eigenvalue weighted by Gasteiger charge is -2.15. The van der Waals surface area contributed by atoms with Crippen molar-refractivity contribution < 1.29 is 9.53 Å². The second-order valence-electron chi connectivity index (χ2n) is 7.09. The van der Waals surface area contributed by atoms with Crippen molar-refractivity contribution in [1.82, 2.24) is 10.6 Å². The lowest BCUT2D eigenvalue weighted by Crippen LogP contribution is -2.36. The number of aryl methyl sites for hydroxylation is 1. The van der Waals surface area contributed by atoms with Crippen LogP contribution < -0.4 is 20.7 Å². The third-order valence-electron chi connectivity index (χ3n) is 4.83. The largest absolute Gasteiger partial charge is 0.496 e. The monoisotopic (exact) mass is 524 g/mol. The molecule has 2 aromatic rings. The Hall–Kier alpha value is -2.29. The van der Waals surface area contributed by atoms with Crippen molar-refractivity contribution in [2.24, 2.45) is 10.9 Å². The third kappa shape index (κ3) is 7.85. The SMILES string of the molecule is CCC(C)C(=O)Nc1cccc(CNC(=NC)NCc2ccc(C)cc2OC)c1.I. The molecule has 0 saturated heterocycles. The second kappa shape index (κ2) is 13.1. The number of halogens is 1. The number of methoxy groups -OCH3 is 1. The van der Waals surface area contributed by atoms with Crippen LogP contribution in [0.1, 0.15) is 37.0 Å². The lowest BCUT2D eigenvalue weighted by molar-refractivity contribution is -0.119. The lowest BCUT2D eigenvalue weighted by atomic mass is 10.1. The molecule has 0 spiro atoms. The highest BCUT2D eigenvalue weighted by Crippen LogP contribution is 2.19. The van der Waals surface area contributed by atoms with Crippen molar-refractivity contribution in [3.05, 3.63) is 59.2 Å². The molecule has 30 heavy (non-hydrogen) atoms. The van der Waals surface area contributed by atoms with Crippen LogP contribution in [0.3, 0.4) is 0 Å². The summed E-state index contributed by atoms with van der Waals surface area (Å²) in [5.74, 6) is 1.60. The highest BCUT2D eigenvalue weighted by molar-refractivity contribution is 14.0. The zero-order valence-corrected chi connectivity index (χ0v) is 20.7. The van der Waals surface area contributed by atoms with E-state index in [1.54, 1.807) is 14.2 Å². The van der Waals surface area contributed by atoms with Gasteiger partial charge in [-0.2, -0.15) is 0 Å². The molecule has 2 aromatic carbocycles. The molecular formula is C23H33IN4O2. The molecule has 0 aliphatic heterocycles. The molecule has 2 rings (SSSR count). The molecule has 3 N–H and O–H groups in total. The van der Waals surface area contributed by atoms with Gasteiger partial charge in [0.2, 0.25) is 5.91 Å².